The van der Waals surface area contributed by atoms with E-state index in [9.17, 15) is 4.79 Å². The number of morpholine rings is 1. The van der Waals surface area contributed by atoms with E-state index in [0.717, 1.165) is 43.1 Å². The van der Waals surface area contributed by atoms with E-state index < -0.39 is 5.25 Å². The lowest BCUT2D eigenvalue weighted by Gasteiger charge is -2.28. The fourth-order valence-electron chi connectivity index (χ4n) is 3.62. The minimum Gasteiger partial charge on any atom is -0.378 e. The van der Waals surface area contributed by atoms with Crippen molar-refractivity contribution in [1.29, 1.82) is 0 Å². The number of carbonyl (C=O) groups excluding carboxylic acids is 1. The third kappa shape index (κ3) is 4.60. The summed E-state index contributed by atoms with van der Waals surface area (Å²) in [6.45, 7) is 2.86. The predicted octanol–water partition coefficient (Wildman–Crippen LogP) is 3.22. The first-order valence-electron chi connectivity index (χ1n) is 10.6. The Kier molecular flexibility index (Phi) is 5.90. The van der Waals surface area contributed by atoms with Gasteiger partial charge >= 0.3 is 0 Å². The minimum atomic E-state index is -0.397. The summed E-state index contributed by atoms with van der Waals surface area (Å²) in [4.78, 5) is 15.3. The van der Waals surface area contributed by atoms with Crippen molar-refractivity contribution in [1.82, 2.24) is 20.1 Å². The van der Waals surface area contributed by atoms with Crippen LogP contribution < -0.4 is 10.2 Å². The molecule has 0 bridgehead atoms. The minimum absolute atomic E-state index is 0.0224. The van der Waals surface area contributed by atoms with Crippen molar-refractivity contribution in [2.45, 2.75) is 29.3 Å². The van der Waals surface area contributed by atoms with Crippen LogP contribution in [0.1, 0.15) is 23.7 Å². The Hall–Kier alpha value is -2.84. The highest BCUT2D eigenvalue weighted by Crippen LogP contribution is 2.38. The second-order valence-corrected chi connectivity index (χ2v) is 8.82. The van der Waals surface area contributed by atoms with Gasteiger partial charge in [0.15, 0.2) is 5.16 Å². The number of para-hydroxylation sites is 1. The highest BCUT2D eigenvalue weighted by Gasteiger charge is 2.31. The number of anilines is 1. The first-order valence-corrected chi connectivity index (χ1v) is 11.5. The Labute approximate surface area is 185 Å². The van der Waals surface area contributed by atoms with Gasteiger partial charge in [0.05, 0.1) is 18.9 Å². The van der Waals surface area contributed by atoms with Gasteiger partial charge in [0.25, 0.3) is 0 Å². The fourth-order valence-corrected chi connectivity index (χ4v) is 4.68. The predicted molar refractivity (Wildman–Crippen MR) is 121 cm³/mol. The summed E-state index contributed by atoms with van der Waals surface area (Å²) in [5.41, 5.74) is 1.94. The zero-order valence-corrected chi connectivity index (χ0v) is 18.0. The second-order valence-electron chi connectivity index (χ2n) is 7.74. The molecule has 1 aliphatic heterocycles. The van der Waals surface area contributed by atoms with Crippen molar-refractivity contribution in [3.63, 3.8) is 0 Å². The lowest BCUT2D eigenvalue weighted by molar-refractivity contribution is -0.120. The van der Waals surface area contributed by atoms with E-state index in [1.165, 1.54) is 11.8 Å². The maximum absolute atomic E-state index is 13.1. The summed E-state index contributed by atoms with van der Waals surface area (Å²) in [6.07, 6.45) is 2.11. The van der Waals surface area contributed by atoms with Crippen LogP contribution in [0.2, 0.25) is 0 Å². The standard InChI is InChI=1S/C23H25N5O2S/c29-21(24-18-11-12-18)20(17-7-3-1-4-8-17)31-23-26-25-22(27-13-15-30-16-14-27)28(23)19-9-5-2-6-10-19/h1-10,18,20H,11-16H2,(H,24,29)/t20-/m0/s1. The summed E-state index contributed by atoms with van der Waals surface area (Å²) >= 11 is 1.45. The van der Waals surface area contributed by atoms with Gasteiger partial charge in [-0.25, -0.2) is 0 Å². The number of rotatable bonds is 7. The van der Waals surface area contributed by atoms with Crippen molar-refractivity contribution >= 4 is 23.6 Å². The molecule has 1 saturated heterocycles. The Morgan fingerprint density at radius 1 is 1.00 bits per heavy atom. The van der Waals surface area contributed by atoms with Crippen LogP contribution in [-0.4, -0.2) is 53.0 Å². The topological polar surface area (TPSA) is 72.3 Å². The van der Waals surface area contributed by atoms with Gasteiger partial charge < -0.3 is 15.0 Å². The molecule has 2 aromatic carbocycles. The third-order valence-corrected chi connectivity index (χ3v) is 6.61. The molecule has 1 atom stereocenters. The zero-order valence-electron chi connectivity index (χ0n) is 17.2. The number of thioether (sulfide) groups is 1. The van der Waals surface area contributed by atoms with Gasteiger partial charge in [0.1, 0.15) is 5.25 Å². The molecule has 5 rings (SSSR count). The van der Waals surface area contributed by atoms with E-state index in [2.05, 4.69) is 25.0 Å². The molecule has 2 aliphatic rings. The second kappa shape index (κ2) is 9.11. The molecule has 2 fully saturated rings. The number of nitrogens with zero attached hydrogens (tertiary/aromatic N) is 4. The average Bonchev–Trinajstić information content (AvgIpc) is 3.54. The van der Waals surface area contributed by atoms with Gasteiger partial charge in [-0.3, -0.25) is 9.36 Å². The molecular weight excluding hydrogens is 410 g/mol. The van der Waals surface area contributed by atoms with Crippen molar-refractivity contribution in [3.8, 4) is 5.69 Å². The molecule has 1 amide bonds. The molecule has 160 valence electrons. The number of ether oxygens (including phenoxy) is 1. The number of hydrogen-bond acceptors (Lipinski definition) is 6. The lowest BCUT2D eigenvalue weighted by Crippen LogP contribution is -2.38. The Balaban J connectivity index is 1.51. The van der Waals surface area contributed by atoms with E-state index in [1.807, 2.05) is 60.7 Å². The van der Waals surface area contributed by atoms with Gasteiger partial charge in [-0.05, 0) is 30.5 Å². The maximum atomic E-state index is 13.1. The van der Waals surface area contributed by atoms with E-state index >= 15 is 0 Å². The van der Waals surface area contributed by atoms with Crippen molar-refractivity contribution in [3.05, 3.63) is 66.2 Å². The molecule has 1 saturated carbocycles. The number of nitrogens with one attached hydrogen (secondary N) is 1. The Morgan fingerprint density at radius 3 is 2.35 bits per heavy atom. The van der Waals surface area contributed by atoms with Crippen LogP contribution in [0, 0.1) is 0 Å². The smallest absolute Gasteiger partial charge is 0.238 e. The molecule has 0 unspecified atom stereocenters. The van der Waals surface area contributed by atoms with Crippen molar-refractivity contribution < 1.29 is 9.53 Å². The van der Waals surface area contributed by atoms with Gasteiger partial charge in [0, 0.05) is 19.1 Å². The van der Waals surface area contributed by atoms with Crippen LogP contribution in [0.25, 0.3) is 5.69 Å². The molecule has 31 heavy (non-hydrogen) atoms. The first-order chi connectivity index (χ1) is 15.3. The molecule has 8 heteroatoms. The average molecular weight is 436 g/mol. The van der Waals surface area contributed by atoms with Gasteiger partial charge in [-0.15, -0.1) is 10.2 Å². The van der Waals surface area contributed by atoms with Crippen LogP contribution in [0.4, 0.5) is 5.95 Å². The number of benzene rings is 2. The third-order valence-electron chi connectivity index (χ3n) is 5.41. The highest BCUT2D eigenvalue weighted by atomic mass is 32.2. The fraction of sp³-hybridized carbons (Fsp3) is 0.348. The summed E-state index contributed by atoms with van der Waals surface area (Å²) in [5, 5.41) is 12.5. The Morgan fingerprint density at radius 2 is 1.68 bits per heavy atom. The normalized spacial score (nSPS) is 17.4. The van der Waals surface area contributed by atoms with Crippen LogP contribution >= 0.6 is 11.8 Å². The molecule has 2 heterocycles. The summed E-state index contributed by atoms with van der Waals surface area (Å²) in [6, 6.07) is 20.3. The summed E-state index contributed by atoms with van der Waals surface area (Å²) in [5.74, 6) is 0.806. The zero-order chi connectivity index (χ0) is 21.0. The van der Waals surface area contributed by atoms with Crippen LogP contribution in [-0.2, 0) is 9.53 Å². The largest absolute Gasteiger partial charge is 0.378 e. The number of carbonyl (C=O) groups is 1. The van der Waals surface area contributed by atoms with Crippen LogP contribution in [0.5, 0.6) is 0 Å². The van der Waals surface area contributed by atoms with Gasteiger partial charge in [-0.1, -0.05) is 60.3 Å². The van der Waals surface area contributed by atoms with Crippen molar-refractivity contribution in [2.24, 2.45) is 0 Å². The molecule has 0 spiro atoms. The molecule has 1 aromatic heterocycles. The molecule has 0 radical (unpaired) electrons. The number of aromatic nitrogens is 3. The molecule has 1 aliphatic carbocycles. The molecular formula is C23H25N5O2S. The monoisotopic (exact) mass is 435 g/mol. The van der Waals surface area contributed by atoms with E-state index in [-0.39, 0.29) is 5.91 Å². The van der Waals surface area contributed by atoms with E-state index in [0.29, 0.717) is 24.4 Å². The molecule has 3 aromatic rings. The summed E-state index contributed by atoms with van der Waals surface area (Å²) in [7, 11) is 0. The summed E-state index contributed by atoms with van der Waals surface area (Å²) < 4.78 is 7.56. The van der Waals surface area contributed by atoms with Crippen LogP contribution in [0.3, 0.4) is 0 Å². The quantitative estimate of drug-likeness (QED) is 0.575. The van der Waals surface area contributed by atoms with Gasteiger partial charge in [-0.2, -0.15) is 0 Å². The number of hydrogen-bond donors (Lipinski definition) is 1. The number of amides is 1. The van der Waals surface area contributed by atoms with E-state index in [4.69, 9.17) is 4.74 Å². The van der Waals surface area contributed by atoms with Gasteiger partial charge in [0.2, 0.25) is 11.9 Å². The SMILES string of the molecule is O=C(NC1CC1)[C@@H](Sc1nnc(N2CCOCC2)n1-c1ccccc1)c1ccccc1. The lowest BCUT2D eigenvalue weighted by atomic mass is 10.1. The van der Waals surface area contributed by atoms with E-state index in [1.54, 1.807) is 0 Å². The van der Waals surface area contributed by atoms with Crippen molar-refractivity contribution in [2.75, 3.05) is 31.2 Å². The molecule has 1 N–H and O–H groups in total. The Bertz CT molecular complexity index is 1020. The highest BCUT2D eigenvalue weighted by molar-refractivity contribution is 8.00. The first kappa shape index (κ1) is 20.1. The van der Waals surface area contributed by atoms with Crippen LogP contribution in [0.15, 0.2) is 65.8 Å². The maximum Gasteiger partial charge on any atom is 0.238 e. The molecule has 7 nitrogen and oxygen atoms in total.